The van der Waals surface area contributed by atoms with Crippen LogP contribution in [0.4, 0.5) is 5.69 Å². The molecule has 0 aliphatic carbocycles. The minimum Gasteiger partial charge on any atom is -0.392 e. The SMILES string of the molecule is CC(O)CN(Cc1nccn1Cc1ccccc1)c1ccccc1. The molecule has 1 unspecified atom stereocenters. The molecule has 0 saturated heterocycles. The highest BCUT2D eigenvalue weighted by Crippen LogP contribution is 2.17. The van der Waals surface area contributed by atoms with Crippen molar-refractivity contribution < 1.29 is 5.11 Å². The maximum absolute atomic E-state index is 9.85. The van der Waals surface area contributed by atoms with E-state index in [1.165, 1.54) is 5.56 Å². The van der Waals surface area contributed by atoms with Crippen LogP contribution in [-0.2, 0) is 13.1 Å². The highest BCUT2D eigenvalue weighted by molar-refractivity contribution is 5.46. The number of benzene rings is 2. The quantitative estimate of drug-likeness (QED) is 0.726. The zero-order valence-electron chi connectivity index (χ0n) is 13.9. The van der Waals surface area contributed by atoms with Gasteiger partial charge in [-0.2, -0.15) is 0 Å². The number of nitrogens with zero attached hydrogens (tertiary/aromatic N) is 3. The molecular weight excluding hydrogens is 298 g/mol. The summed E-state index contributed by atoms with van der Waals surface area (Å²) in [5.74, 6) is 0.989. The molecule has 4 heteroatoms. The molecule has 3 aromatic rings. The zero-order valence-corrected chi connectivity index (χ0v) is 13.9. The van der Waals surface area contributed by atoms with Crippen molar-refractivity contribution in [2.24, 2.45) is 0 Å². The lowest BCUT2D eigenvalue weighted by Crippen LogP contribution is -2.31. The summed E-state index contributed by atoms with van der Waals surface area (Å²) in [7, 11) is 0. The van der Waals surface area contributed by atoms with Crippen molar-refractivity contribution in [2.75, 3.05) is 11.4 Å². The summed E-state index contributed by atoms with van der Waals surface area (Å²) in [6.07, 6.45) is 3.44. The molecule has 1 aromatic heterocycles. The molecule has 3 rings (SSSR count). The molecule has 0 spiro atoms. The van der Waals surface area contributed by atoms with Gasteiger partial charge in [0.05, 0.1) is 12.6 Å². The van der Waals surface area contributed by atoms with Crippen LogP contribution in [0.25, 0.3) is 0 Å². The van der Waals surface area contributed by atoms with Crippen LogP contribution in [0.5, 0.6) is 0 Å². The van der Waals surface area contributed by atoms with Gasteiger partial charge < -0.3 is 14.6 Å². The Bertz CT molecular complexity index is 738. The van der Waals surface area contributed by atoms with Gasteiger partial charge in [-0.3, -0.25) is 0 Å². The Morgan fingerprint density at radius 2 is 1.71 bits per heavy atom. The molecule has 1 N–H and O–H groups in total. The molecule has 1 atom stereocenters. The van der Waals surface area contributed by atoms with Gasteiger partial charge >= 0.3 is 0 Å². The van der Waals surface area contributed by atoms with Crippen molar-refractivity contribution in [1.29, 1.82) is 0 Å². The van der Waals surface area contributed by atoms with E-state index in [0.29, 0.717) is 13.1 Å². The van der Waals surface area contributed by atoms with E-state index in [-0.39, 0.29) is 0 Å². The first-order valence-corrected chi connectivity index (χ1v) is 8.24. The third-order valence-corrected chi connectivity index (χ3v) is 3.94. The second kappa shape index (κ2) is 7.79. The van der Waals surface area contributed by atoms with E-state index in [9.17, 15) is 5.11 Å². The Labute approximate surface area is 143 Å². The van der Waals surface area contributed by atoms with Gasteiger partial charge in [-0.1, -0.05) is 48.5 Å². The summed E-state index contributed by atoms with van der Waals surface area (Å²) >= 11 is 0. The molecule has 0 saturated carbocycles. The first kappa shape index (κ1) is 16.3. The van der Waals surface area contributed by atoms with Crippen molar-refractivity contribution in [2.45, 2.75) is 26.1 Å². The first-order valence-electron chi connectivity index (χ1n) is 8.24. The minimum atomic E-state index is -0.400. The number of para-hydroxylation sites is 1. The second-order valence-electron chi connectivity index (χ2n) is 6.02. The zero-order chi connectivity index (χ0) is 16.8. The molecule has 0 fully saturated rings. The lowest BCUT2D eigenvalue weighted by Gasteiger charge is -2.26. The van der Waals surface area contributed by atoms with E-state index in [2.05, 4.69) is 50.8 Å². The van der Waals surface area contributed by atoms with Crippen LogP contribution in [0, 0.1) is 0 Å². The fraction of sp³-hybridized carbons (Fsp3) is 0.250. The molecule has 1 heterocycles. The fourth-order valence-electron chi connectivity index (χ4n) is 2.81. The number of aliphatic hydroxyl groups is 1. The second-order valence-corrected chi connectivity index (χ2v) is 6.02. The van der Waals surface area contributed by atoms with E-state index in [4.69, 9.17) is 0 Å². The van der Waals surface area contributed by atoms with Crippen LogP contribution in [0.3, 0.4) is 0 Å². The number of imidazole rings is 1. The summed E-state index contributed by atoms with van der Waals surface area (Å²) in [4.78, 5) is 6.69. The van der Waals surface area contributed by atoms with Gasteiger partial charge in [-0.25, -0.2) is 4.98 Å². The molecule has 124 valence electrons. The third kappa shape index (κ3) is 4.24. The summed E-state index contributed by atoms with van der Waals surface area (Å²) in [5, 5.41) is 9.85. The Kier molecular flexibility index (Phi) is 5.29. The number of hydrogen-bond donors (Lipinski definition) is 1. The monoisotopic (exact) mass is 321 g/mol. The molecule has 4 nitrogen and oxygen atoms in total. The number of hydrogen-bond acceptors (Lipinski definition) is 3. The Balaban J connectivity index is 1.79. The predicted octanol–water partition coefficient (Wildman–Crippen LogP) is 3.32. The largest absolute Gasteiger partial charge is 0.392 e. The number of rotatable bonds is 7. The van der Waals surface area contributed by atoms with Crippen molar-refractivity contribution in [3.8, 4) is 0 Å². The molecule has 2 aromatic carbocycles. The maximum atomic E-state index is 9.85. The van der Waals surface area contributed by atoms with E-state index >= 15 is 0 Å². The normalized spacial score (nSPS) is 12.1. The van der Waals surface area contributed by atoms with Gasteiger partial charge in [-0.15, -0.1) is 0 Å². The number of aromatic nitrogens is 2. The summed E-state index contributed by atoms with van der Waals surface area (Å²) in [5.41, 5.74) is 2.34. The predicted molar refractivity (Wildman–Crippen MR) is 96.9 cm³/mol. The van der Waals surface area contributed by atoms with Crippen molar-refractivity contribution in [3.05, 3.63) is 84.4 Å². The lowest BCUT2D eigenvalue weighted by atomic mass is 10.2. The molecular formula is C20H23N3O. The molecule has 0 bridgehead atoms. The van der Waals surface area contributed by atoms with Gasteiger partial charge in [0, 0.05) is 31.2 Å². The van der Waals surface area contributed by atoms with Crippen LogP contribution >= 0.6 is 0 Å². The molecule has 0 aliphatic rings. The number of aliphatic hydroxyl groups excluding tert-OH is 1. The number of anilines is 1. The Morgan fingerprint density at radius 1 is 1.04 bits per heavy atom. The van der Waals surface area contributed by atoms with Gasteiger partial charge in [0.2, 0.25) is 0 Å². The molecule has 0 amide bonds. The Morgan fingerprint density at radius 3 is 2.38 bits per heavy atom. The van der Waals surface area contributed by atoms with Gasteiger partial charge in [0.1, 0.15) is 5.82 Å². The molecule has 0 radical (unpaired) electrons. The van der Waals surface area contributed by atoms with Crippen molar-refractivity contribution in [3.63, 3.8) is 0 Å². The maximum Gasteiger partial charge on any atom is 0.128 e. The smallest absolute Gasteiger partial charge is 0.128 e. The van der Waals surface area contributed by atoms with Gasteiger partial charge in [0.25, 0.3) is 0 Å². The molecule has 0 aliphatic heterocycles. The van der Waals surface area contributed by atoms with E-state index < -0.39 is 6.10 Å². The van der Waals surface area contributed by atoms with Crippen molar-refractivity contribution in [1.82, 2.24) is 9.55 Å². The minimum absolute atomic E-state index is 0.400. The van der Waals surface area contributed by atoms with Gasteiger partial charge in [0.15, 0.2) is 0 Å². The molecule has 24 heavy (non-hydrogen) atoms. The van der Waals surface area contributed by atoms with Crippen LogP contribution in [0.2, 0.25) is 0 Å². The van der Waals surface area contributed by atoms with Gasteiger partial charge in [-0.05, 0) is 24.6 Å². The summed E-state index contributed by atoms with van der Waals surface area (Å²) in [6.45, 7) is 3.84. The van der Waals surface area contributed by atoms with E-state index in [0.717, 1.165) is 18.1 Å². The third-order valence-electron chi connectivity index (χ3n) is 3.94. The van der Waals surface area contributed by atoms with Crippen LogP contribution in [0.1, 0.15) is 18.3 Å². The standard InChI is InChI=1S/C20H23N3O/c1-17(24)14-23(19-10-6-3-7-11-19)16-20-21-12-13-22(20)15-18-8-4-2-5-9-18/h2-13,17,24H,14-16H2,1H3. The summed E-state index contributed by atoms with van der Waals surface area (Å²) < 4.78 is 2.16. The van der Waals surface area contributed by atoms with Crippen molar-refractivity contribution >= 4 is 5.69 Å². The van der Waals surface area contributed by atoms with Crippen LogP contribution < -0.4 is 4.90 Å². The van der Waals surface area contributed by atoms with E-state index in [1.54, 1.807) is 0 Å². The fourth-order valence-corrected chi connectivity index (χ4v) is 2.81. The average molecular weight is 321 g/mol. The van der Waals surface area contributed by atoms with Crippen LogP contribution in [0.15, 0.2) is 73.1 Å². The Hall–Kier alpha value is -2.59. The highest BCUT2D eigenvalue weighted by atomic mass is 16.3. The average Bonchev–Trinajstić information content (AvgIpc) is 3.02. The van der Waals surface area contributed by atoms with E-state index in [1.807, 2.05) is 43.6 Å². The lowest BCUT2D eigenvalue weighted by molar-refractivity contribution is 0.199. The highest BCUT2D eigenvalue weighted by Gasteiger charge is 2.13. The topological polar surface area (TPSA) is 41.3 Å². The first-order chi connectivity index (χ1) is 11.7. The van der Waals surface area contributed by atoms with Crippen LogP contribution in [-0.4, -0.2) is 27.3 Å². The summed E-state index contributed by atoms with van der Waals surface area (Å²) in [6, 6.07) is 20.5.